The molecule has 0 heterocycles. The summed E-state index contributed by atoms with van der Waals surface area (Å²) in [6.45, 7) is 6.81. The average Bonchev–Trinajstić information content (AvgIpc) is 2.35. The number of rotatable bonds is 3. The molecule has 0 aliphatic rings. The fourth-order valence-corrected chi connectivity index (χ4v) is 3.12. The zero-order valence-corrected chi connectivity index (χ0v) is 14.0. The maximum absolute atomic E-state index is 10.2. The van der Waals surface area contributed by atoms with Gasteiger partial charge in [-0.1, -0.05) is 33.6 Å². The van der Waals surface area contributed by atoms with E-state index in [9.17, 15) is 5.11 Å². The van der Waals surface area contributed by atoms with Gasteiger partial charge in [0.2, 0.25) is 0 Å². The van der Waals surface area contributed by atoms with Crippen LogP contribution in [0.3, 0.4) is 0 Å². The smallest absolute Gasteiger partial charge is 0.123 e. The van der Waals surface area contributed by atoms with Gasteiger partial charge in [-0.3, -0.25) is 0 Å². The highest BCUT2D eigenvalue weighted by atomic mass is 79.9. The Morgan fingerprint density at radius 1 is 1.05 bits per heavy atom. The number of phenols is 1. The molecule has 0 saturated heterocycles. The van der Waals surface area contributed by atoms with Crippen LogP contribution in [-0.2, 0) is 6.54 Å². The van der Waals surface area contributed by atoms with E-state index in [4.69, 9.17) is 0 Å². The van der Waals surface area contributed by atoms with Gasteiger partial charge in [0.1, 0.15) is 5.75 Å². The van der Waals surface area contributed by atoms with Crippen molar-refractivity contribution in [2.75, 3.05) is 11.9 Å². The summed E-state index contributed by atoms with van der Waals surface area (Å²) in [5, 5.41) is 10.2. The summed E-state index contributed by atoms with van der Waals surface area (Å²) in [4.78, 5) is 2.16. The minimum atomic E-state index is 0.379. The summed E-state index contributed by atoms with van der Waals surface area (Å²) >= 11 is 3.49. The van der Waals surface area contributed by atoms with Crippen molar-refractivity contribution in [3.05, 3.63) is 57.1 Å². The molecule has 0 atom stereocenters. The summed E-state index contributed by atoms with van der Waals surface area (Å²) in [5.41, 5.74) is 5.52. The van der Waals surface area contributed by atoms with Gasteiger partial charge >= 0.3 is 0 Å². The van der Waals surface area contributed by atoms with E-state index >= 15 is 0 Å². The van der Waals surface area contributed by atoms with Crippen LogP contribution < -0.4 is 4.90 Å². The van der Waals surface area contributed by atoms with Crippen LogP contribution in [0.1, 0.15) is 22.3 Å². The average molecular weight is 334 g/mol. The van der Waals surface area contributed by atoms with E-state index in [1.54, 1.807) is 0 Å². The molecule has 0 amide bonds. The Morgan fingerprint density at radius 2 is 1.75 bits per heavy atom. The number of hydrogen-bond donors (Lipinski definition) is 1. The van der Waals surface area contributed by atoms with Crippen molar-refractivity contribution in [3.8, 4) is 5.75 Å². The first-order valence-electron chi connectivity index (χ1n) is 6.65. The molecular weight excluding hydrogens is 314 g/mol. The van der Waals surface area contributed by atoms with Crippen LogP contribution in [-0.4, -0.2) is 12.2 Å². The maximum atomic E-state index is 10.2. The van der Waals surface area contributed by atoms with E-state index in [-0.39, 0.29) is 0 Å². The van der Waals surface area contributed by atoms with Crippen LogP contribution >= 0.6 is 15.9 Å². The van der Waals surface area contributed by atoms with Crippen LogP contribution in [0, 0.1) is 20.8 Å². The summed E-state index contributed by atoms with van der Waals surface area (Å²) < 4.78 is 0.997. The molecule has 0 saturated carbocycles. The highest BCUT2D eigenvalue weighted by Gasteiger charge is 2.11. The topological polar surface area (TPSA) is 23.5 Å². The monoisotopic (exact) mass is 333 g/mol. The number of anilines is 1. The molecule has 2 rings (SSSR count). The Hall–Kier alpha value is -1.48. The molecule has 3 heteroatoms. The van der Waals surface area contributed by atoms with Gasteiger partial charge in [0.25, 0.3) is 0 Å². The van der Waals surface area contributed by atoms with Crippen LogP contribution in [0.2, 0.25) is 0 Å². The summed E-state index contributed by atoms with van der Waals surface area (Å²) in [6, 6.07) is 10.3. The molecule has 2 aromatic carbocycles. The van der Waals surface area contributed by atoms with Crippen molar-refractivity contribution in [1.82, 2.24) is 0 Å². The van der Waals surface area contributed by atoms with Crippen LogP contribution in [0.25, 0.3) is 0 Å². The maximum Gasteiger partial charge on any atom is 0.123 e. The zero-order valence-electron chi connectivity index (χ0n) is 12.4. The third-order valence-electron chi connectivity index (χ3n) is 3.52. The lowest BCUT2D eigenvalue weighted by Crippen LogP contribution is -2.17. The molecule has 1 N–H and O–H groups in total. The first kappa shape index (κ1) is 14.9. The van der Waals surface area contributed by atoms with Crippen molar-refractivity contribution in [1.29, 1.82) is 0 Å². The number of aryl methyl sites for hydroxylation is 3. The van der Waals surface area contributed by atoms with Gasteiger partial charge in [-0.05, 0) is 50.1 Å². The van der Waals surface area contributed by atoms with E-state index in [0.717, 1.165) is 15.6 Å². The number of hydrogen-bond acceptors (Lipinski definition) is 2. The molecule has 2 aromatic rings. The lowest BCUT2D eigenvalue weighted by atomic mass is 10.1. The van der Waals surface area contributed by atoms with Crippen molar-refractivity contribution >= 4 is 21.6 Å². The lowest BCUT2D eigenvalue weighted by Gasteiger charge is -2.23. The lowest BCUT2D eigenvalue weighted by molar-refractivity contribution is 0.463. The standard InChI is InChI=1S/C17H20BrNO/c1-11-5-6-16(12(2)7-11)19(4)10-14-9-15(18)8-13(3)17(14)20/h5-9,20H,10H2,1-4H3. The molecule has 0 aromatic heterocycles. The van der Waals surface area contributed by atoms with Gasteiger partial charge in [-0.15, -0.1) is 0 Å². The highest BCUT2D eigenvalue weighted by Crippen LogP contribution is 2.29. The molecule has 0 bridgehead atoms. The predicted octanol–water partition coefficient (Wildman–Crippen LogP) is 4.72. The van der Waals surface area contributed by atoms with Gasteiger partial charge < -0.3 is 10.0 Å². The molecule has 0 aliphatic heterocycles. The van der Waals surface area contributed by atoms with Gasteiger partial charge in [0, 0.05) is 29.3 Å². The molecule has 0 fully saturated rings. The van der Waals surface area contributed by atoms with Crippen molar-refractivity contribution in [2.24, 2.45) is 0 Å². The molecule has 2 nitrogen and oxygen atoms in total. The number of aromatic hydroxyl groups is 1. The fraction of sp³-hybridized carbons (Fsp3) is 0.294. The summed E-state index contributed by atoms with van der Waals surface area (Å²) in [7, 11) is 2.05. The van der Waals surface area contributed by atoms with Crippen molar-refractivity contribution < 1.29 is 5.11 Å². The quantitative estimate of drug-likeness (QED) is 0.878. The Kier molecular flexibility index (Phi) is 4.39. The second kappa shape index (κ2) is 5.88. The number of halogens is 1. The second-order valence-corrected chi connectivity index (χ2v) is 6.29. The van der Waals surface area contributed by atoms with Crippen LogP contribution in [0.4, 0.5) is 5.69 Å². The Balaban J connectivity index is 2.30. The molecule has 106 valence electrons. The molecule has 20 heavy (non-hydrogen) atoms. The van der Waals surface area contributed by atoms with E-state index < -0.39 is 0 Å². The van der Waals surface area contributed by atoms with E-state index in [2.05, 4.69) is 52.9 Å². The van der Waals surface area contributed by atoms with Crippen LogP contribution in [0.15, 0.2) is 34.8 Å². The summed E-state index contributed by atoms with van der Waals surface area (Å²) in [6.07, 6.45) is 0. The number of benzene rings is 2. The minimum Gasteiger partial charge on any atom is -0.507 e. The van der Waals surface area contributed by atoms with Crippen molar-refractivity contribution in [3.63, 3.8) is 0 Å². The molecule has 0 spiro atoms. The third-order valence-corrected chi connectivity index (χ3v) is 3.97. The second-order valence-electron chi connectivity index (χ2n) is 5.38. The number of nitrogens with zero attached hydrogens (tertiary/aromatic N) is 1. The van der Waals surface area contributed by atoms with E-state index in [0.29, 0.717) is 12.3 Å². The van der Waals surface area contributed by atoms with Crippen LogP contribution in [0.5, 0.6) is 5.75 Å². The first-order valence-corrected chi connectivity index (χ1v) is 7.44. The van der Waals surface area contributed by atoms with Crippen molar-refractivity contribution in [2.45, 2.75) is 27.3 Å². The normalized spacial score (nSPS) is 10.7. The number of phenolic OH excluding ortho intramolecular Hbond substituents is 1. The van der Waals surface area contributed by atoms with E-state index in [1.807, 2.05) is 26.1 Å². The largest absolute Gasteiger partial charge is 0.507 e. The highest BCUT2D eigenvalue weighted by molar-refractivity contribution is 9.10. The Morgan fingerprint density at radius 3 is 2.40 bits per heavy atom. The van der Waals surface area contributed by atoms with Gasteiger partial charge in [-0.2, -0.15) is 0 Å². The fourth-order valence-electron chi connectivity index (χ4n) is 2.50. The van der Waals surface area contributed by atoms with Gasteiger partial charge in [0.05, 0.1) is 0 Å². The predicted molar refractivity (Wildman–Crippen MR) is 88.6 cm³/mol. The summed E-state index contributed by atoms with van der Waals surface area (Å²) in [5.74, 6) is 0.379. The third kappa shape index (κ3) is 3.15. The Bertz CT molecular complexity index is 637. The van der Waals surface area contributed by atoms with Gasteiger partial charge in [0.15, 0.2) is 0 Å². The first-order chi connectivity index (χ1) is 9.38. The molecule has 0 radical (unpaired) electrons. The van der Waals surface area contributed by atoms with Gasteiger partial charge in [-0.25, -0.2) is 0 Å². The minimum absolute atomic E-state index is 0.379. The molecule has 0 unspecified atom stereocenters. The molecule has 0 aliphatic carbocycles. The Labute approximate surface area is 129 Å². The SMILES string of the molecule is Cc1ccc(N(C)Cc2cc(Br)cc(C)c2O)c(C)c1. The van der Waals surface area contributed by atoms with E-state index in [1.165, 1.54) is 16.8 Å². The molecular formula is C17H20BrNO. The zero-order chi connectivity index (χ0) is 14.9.